The molecule has 0 spiro atoms. The number of nitrogens with zero attached hydrogens (tertiary/aromatic N) is 5. The van der Waals surface area contributed by atoms with Crippen LogP contribution in [0.1, 0.15) is 11.5 Å². The monoisotopic (exact) mass is 257 g/mol. The lowest BCUT2D eigenvalue weighted by Crippen LogP contribution is -2.20. The molecule has 2 aromatic heterocycles. The lowest BCUT2D eigenvalue weighted by Gasteiger charge is -2.14. The van der Waals surface area contributed by atoms with Gasteiger partial charge in [0.15, 0.2) is 5.58 Å². The largest absolute Gasteiger partial charge is 0.356 e. The van der Waals surface area contributed by atoms with Gasteiger partial charge < -0.3 is 4.52 Å². The minimum atomic E-state index is 0.712. The molecule has 6 heteroatoms. The molecular formula is C13H15N5O. The number of hydrogen-bond acceptors (Lipinski definition) is 5. The average molecular weight is 257 g/mol. The number of benzene rings is 1. The maximum Gasteiger partial charge on any atom is 0.167 e. The van der Waals surface area contributed by atoms with Crippen LogP contribution in [0.25, 0.3) is 11.0 Å². The average Bonchev–Trinajstić information content (AvgIpc) is 2.98. The quantitative estimate of drug-likeness (QED) is 0.710. The van der Waals surface area contributed by atoms with E-state index in [1.165, 1.54) is 0 Å². The van der Waals surface area contributed by atoms with E-state index in [1.807, 2.05) is 38.4 Å². The van der Waals surface area contributed by atoms with E-state index in [9.17, 15) is 0 Å². The summed E-state index contributed by atoms with van der Waals surface area (Å²) >= 11 is 0. The smallest absolute Gasteiger partial charge is 0.167 e. The Morgan fingerprint density at radius 3 is 2.89 bits per heavy atom. The van der Waals surface area contributed by atoms with Gasteiger partial charge in [-0.2, -0.15) is 5.10 Å². The molecule has 0 N–H and O–H groups in total. The molecule has 0 bridgehead atoms. The molecule has 98 valence electrons. The van der Waals surface area contributed by atoms with Gasteiger partial charge in [-0.3, -0.25) is 9.58 Å². The number of aromatic nitrogens is 4. The second-order valence-electron chi connectivity index (χ2n) is 4.60. The predicted molar refractivity (Wildman–Crippen MR) is 70.2 cm³/mol. The van der Waals surface area contributed by atoms with Crippen molar-refractivity contribution in [3.63, 3.8) is 0 Å². The highest BCUT2D eigenvalue weighted by molar-refractivity contribution is 5.79. The first-order chi connectivity index (χ1) is 9.24. The van der Waals surface area contributed by atoms with Gasteiger partial charge in [0.05, 0.1) is 6.54 Å². The van der Waals surface area contributed by atoms with Crippen molar-refractivity contribution in [3.05, 3.63) is 42.1 Å². The first-order valence-corrected chi connectivity index (χ1v) is 6.09. The predicted octanol–water partition coefficient (Wildman–Crippen LogP) is 1.59. The topological polar surface area (TPSA) is 60.0 Å². The number of hydrogen-bond donors (Lipinski definition) is 0. The third kappa shape index (κ3) is 2.34. The summed E-state index contributed by atoms with van der Waals surface area (Å²) in [6.07, 6.45) is 1.56. The minimum Gasteiger partial charge on any atom is -0.356 e. The van der Waals surface area contributed by atoms with E-state index in [1.54, 1.807) is 11.0 Å². The molecule has 0 amide bonds. The van der Waals surface area contributed by atoms with Gasteiger partial charge in [-0.05, 0) is 19.2 Å². The van der Waals surface area contributed by atoms with Crippen LogP contribution >= 0.6 is 0 Å². The standard InChI is InChI=1S/C13H15N5O/c1-17(8-13-14-9-15-18(13)2)7-11-10-5-3-4-6-12(10)19-16-11/h3-6,9H,7-8H2,1-2H3. The van der Waals surface area contributed by atoms with Gasteiger partial charge >= 0.3 is 0 Å². The Hall–Kier alpha value is -2.21. The summed E-state index contributed by atoms with van der Waals surface area (Å²) in [4.78, 5) is 6.35. The molecule has 6 nitrogen and oxygen atoms in total. The Balaban J connectivity index is 1.76. The summed E-state index contributed by atoms with van der Waals surface area (Å²) in [6.45, 7) is 1.43. The van der Waals surface area contributed by atoms with E-state index >= 15 is 0 Å². The SMILES string of the molecule is CN(Cc1noc2ccccc12)Cc1ncnn1C. The fraction of sp³-hybridized carbons (Fsp3) is 0.308. The molecule has 2 heterocycles. The summed E-state index contributed by atoms with van der Waals surface area (Å²) in [5.74, 6) is 0.926. The van der Waals surface area contributed by atoms with Crippen LogP contribution < -0.4 is 0 Å². The molecule has 3 aromatic rings. The first-order valence-electron chi connectivity index (χ1n) is 6.09. The van der Waals surface area contributed by atoms with Crippen molar-refractivity contribution in [3.8, 4) is 0 Å². The van der Waals surface area contributed by atoms with Gasteiger partial charge in [0.2, 0.25) is 0 Å². The number of rotatable bonds is 4. The summed E-state index contributed by atoms with van der Waals surface area (Å²) in [5, 5.41) is 9.25. The molecule has 3 rings (SSSR count). The Kier molecular flexibility index (Phi) is 3.00. The van der Waals surface area contributed by atoms with Crippen molar-refractivity contribution < 1.29 is 4.52 Å². The lowest BCUT2D eigenvalue weighted by atomic mass is 10.2. The van der Waals surface area contributed by atoms with Crippen molar-refractivity contribution in [2.75, 3.05) is 7.05 Å². The molecule has 0 aliphatic heterocycles. The third-order valence-corrected chi connectivity index (χ3v) is 3.09. The van der Waals surface area contributed by atoms with Crippen LogP contribution in [0.3, 0.4) is 0 Å². The minimum absolute atomic E-state index is 0.712. The van der Waals surface area contributed by atoms with E-state index in [2.05, 4.69) is 20.1 Å². The van der Waals surface area contributed by atoms with Crippen LogP contribution in [0.15, 0.2) is 35.1 Å². The first kappa shape index (κ1) is 11.9. The fourth-order valence-corrected chi connectivity index (χ4v) is 2.07. The fourth-order valence-electron chi connectivity index (χ4n) is 2.07. The van der Waals surface area contributed by atoms with E-state index in [4.69, 9.17) is 4.52 Å². The van der Waals surface area contributed by atoms with Crippen molar-refractivity contribution in [1.29, 1.82) is 0 Å². The molecule has 0 saturated heterocycles. The molecule has 1 aromatic carbocycles. The van der Waals surface area contributed by atoms with Gasteiger partial charge in [0.1, 0.15) is 17.8 Å². The highest BCUT2D eigenvalue weighted by Gasteiger charge is 2.11. The third-order valence-electron chi connectivity index (χ3n) is 3.09. The zero-order valence-electron chi connectivity index (χ0n) is 10.9. The van der Waals surface area contributed by atoms with Gasteiger partial charge in [-0.1, -0.05) is 17.3 Å². The van der Waals surface area contributed by atoms with Gasteiger partial charge in [0, 0.05) is 19.0 Å². The maximum absolute atomic E-state index is 5.30. The molecule has 0 radical (unpaired) electrons. The zero-order chi connectivity index (χ0) is 13.2. The number of fused-ring (bicyclic) bond motifs is 1. The summed E-state index contributed by atoms with van der Waals surface area (Å²) in [7, 11) is 3.92. The van der Waals surface area contributed by atoms with Crippen molar-refractivity contribution >= 4 is 11.0 Å². The molecule has 0 unspecified atom stereocenters. The van der Waals surface area contributed by atoms with Crippen LogP contribution in [0.2, 0.25) is 0 Å². The van der Waals surface area contributed by atoms with Gasteiger partial charge in [-0.15, -0.1) is 0 Å². The molecule has 0 aliphatic rings. The normalized spacial score (nSPS) is 11.5. The van der Waals surface area contributed by atoms with Crippen molar-refractivity contribution in [2.45, 2.75) is 13.1 Å². The van der Waals surface area contributed by atoms with Crippen LogP contribution in [0.5, 0.6) is 0 Å². The second-order valence-corrected chi connectivity index (χ2v) is 4.60. The second kappa shape index (κ2) is 4.81. The van der Waals surface area contributed by atoms with E-state index < -0.39 is 0 Å². The highest BCUT2D eigenvalue weighted by atomic mass is 16.5. The summed E-state index contributed by atoms with van der Waals surface area (Å²) in [5.41, 5.74) is 1.77. The van der Waals surface area contributed by atoms with Crippen molar-refractivity contribution in [2.24, 2.45) is 7.05 Å². The molecule has 0 aliphatic carbocycles. The van der Waals surface area contributed by atoms with E-state index in [0.717, 1.165) is 29.0 Å². The number of aryl methyl sites for hydroxylation is 1. The summed E-state index contributed by atoms with van der Waals surface area (Å²) < 4.78 is 7.07. The molecule has 0 atom stereocenters. The van der Waals surface area contributed by atoms with Crippen LogP contribution in [0.4, 0.5) is 0 Å². The lowest BCUT2D eigenvalue weighted by molar-refractivity contribution is 0.294. The zero-order valence-corrected chi connectivity index (χ0v) is 10.9. The molecular weight excluding hydrogens is 242 g/mol. The highest BCUT2D eigenvalue weighted by Crippen LogP contribution is 2.19. The molecule has 0 saturated carbocycles. The van der Waals surface area contributed by atoms with Gasteiger partial charge in [0.25, 0.3) is 0 Å². The molecule has 0 fully saturated rings. The van der Waals surface area contributed by atoms with Crippen molar-refractivity contribution in [1.82, 2.24) is 24.8 Å². The van der Waals surface area contributed by atoms with Crippen LogP contribution in [-0.2, 0) is 20.1 Å². The number of para-hydroxylation sites is 1. The van der Waals surface area contributed by atoms with Crippen LogP contribution in [0, 0.1) is 0 Å². The maximum atomic E-state index is 5.30. The van der Waals surface area contributed by atoms with Gasteiger partial charge in [-0.25, -0.2) is 4.98 Å². The van der Waals surface area contributed by atoms with E-state index in [0.29, 0.717) is 6.54 Å². The van der Waals surface area contributed by atoms with Crippen LogP contribution in [-0.4, -0.2) is 31.9 Å². The molecule has 19 heavy (non-hydrogen) atoms. The Bertz CT molecular complexity index is 687. The Morgan fingerprint density at radius 1 is 1.26 bits per heavy atom. The Labute approximate surface area is 110 Å². The summed E-state index contributed by atoms with van der Waals surface area (Å²) in [6, 6.07) is 7.89. The Morgan fingerprint density at radius 2 is 2.11 bits per heavy atom. The van der Waals surface area contributed by atoms with E-state index in [-0.39, 0.29) is 0 Å².